The number of fused-ring (bicyclic) bond motifs is 1. The minimum absolute atomic E-state index is 0.187. The van der Waals surface area contributed by atoms with Gasteiger partial charge in [0.15, 0.2) is 0 Å². The Labute approximate surface area is 146 Å². The number of hydrogen-bond acceptors (Lipinski definition) is 4. The van der Waals surface area contributed by atoms with Gasteiger partial charge in [0.05, 0.1) is 11.1 Å². The first-order chi connectivity index (χ1) is 11.7. The van der Waals surface area contributed by atoms with Crippen LogP contribution in [-0.2, 0) is 0 Å². The molecule has 1 fully saturated rings. The standard InChI is InChI=1S/C19H21N3O3/c1-18(2)15(22-17(23)24)19(3,4)16(18)25-13-8-7-11(10-20)14-12(13)6-5-9-21-14/h5-9,15-16,22H,1-4H3,(H,23,24)/t15-,16-. The zero-order valence-electron chi connectivity index (χ0n) is 14.7. The van der Waals surface area contributed by atoms with Crippen molar-refractivity contribution in [1.82, 2.24) is 10.3 Å². The van der Waals surface area contributed by atoms with E-state index in [4.69, 9.17) is 9.84 Å². The van der Waals surface area contributed by atoms with Crippen LogP contribution in [-0.4, -0.2) is 28.3 Å². The number of rotatable bonds is 3. The number of ether oxygens (including phenoxy) is 1. The number of amides is 1. The Kier molecular flexibility index (Phi) is 3.83. The van der Waals surface area contributed by atoms with Gasteiger partial charge in [-0.2, -0.15) is 5.26 Å². The molecule has 0 aliphatic heterocycles. The summed E-state index contributed by atoms with van der Waals surface area (Å²) in [6.07, 6.45) is 0.433. The van der Waals surface area contributed by atoms with E-state index >= 15 is 0 Å². The smallest absolute Gasteiger partial charge is 0.404 e. The number of nitrogens with one attached hydrogen (secondary N) is 1. The third-order valence-electron chi connectivity index (χ3n) is 5.20. The van der Waals surface area contributed by atoms with Crippen LogP contribution in [0.4, 0.5) is 4.79 Å². The molecule has 1 saturated carbocycles. The van der Waals surface area contributed by atoms with Gasteiger partial charge in [-0.3, -0.25) is 4.98 Å². The van der Waals surface area contributed by atoms with Crippen molar-refractivity contribution in [1.29, 1.82) is 5.26 Å². The first-order valence-electron chi connectivity index (χ1n) is 8.13. The Morgan fingerprint density at radius 3 is 2.56 bits per heavy atom. The normalized spacial score (nSPS) is 23.3. The lowest BCUT2D eigenvalue weighted by Gasteiger charge is -2.62. The summed E-state index contributed by atoms with van der Waals surface area (Å²) < 4.78 is 6.32. The van der Waals surface area contributed by atoms with E-state index in [0.29, 0.717) is 16.8 Å². The Morgan fingerprint density at radius 2 is 1.96 bits per heavy atom. The van der Waals surface area contributed by atoms with Gasteiger partial charge in [0.25, 0.3) is 0 Å². The van der Waals surface area contributed by atoms with Gasteiger partial charge in [-0.1, -0.05) is 27.7 Å². The third kappa shape index (κ3) is 2.56. The van der Waals surface area contributed by atoms with E-state index in [0.717, 1.165) is 5.39 Å². The van der Waals surface area contributed by atoms with Crippen LogP contribution in [0.25, 0.3) is 10.9 Å². The highest BCUT2D eigenvalue weighted by atomic mass is 16.5. The van der Waals surface area contributed by atoms with Crippen LogP contribution in [0.2, 0.25) is 0 Å². The minimum Gasteiger partial charge on any atom is -0.488 e. The first kappa shape index (κ1) is 17.0. The second kappa shape index (κ2) is 5.62. The largest absolute Gasteiger partial charge is 0.488 e. The number of nitriles is 1. The summed E-state index contributed by atoms with van der Waals surface area (Å²) in [6.45, 7) is 7.97. The lowest BCUT2D eigenvalue weighted by Crippen LogP contribution is -2.74. The van der Waals surface area contributed by atoms with Gasteiger partial charge in [0, 0.05) is 28.5 Å². The molecule has 1 aromatic heterocycles. The van der Waals surface area contributed by atoms with Gasteiger partial charge >= 0.3 is 6.09 Å². The topological polar surface area (TPSA) is 95.2 Å². The SMILES string of the molecule is CC1(C)[C@H](NC(=O)O)C(C)(C)[C@H]1Oc1ccc(C#N)c2ncccc12. The van der Waals surface area contributed by atoms with E-state index < -0.39 is 6.09 Å². The summed E-state index contributed by atoms with van der Waals surface area (Å²) in [5.74, 6) is 0.655. The van der Waals surface area contributed by atoms with Gasteiger partial charge in [0.1, 0.15) is 17.9 Å². The maximum atomic E-state index is 11.1. The fourth-order valence-electron chi connectivity index (χ4n) is 4.39. The number of aromatic nitrogens is 1. The molecule has 0 bridgehead atoms. The minimum atomic E-state index is -1.03. The molecule has 1 amide bonds. The monoisotopic (exact) mass is 339 g/mol. The average Bonchev–Trinajstić information content (AvgIpc) is 2.56. The molecule has 130 valence electrons. The van der Waals surface area contributed by atoms with Crippen molar-refractivity contribution in [2.75, 3.05) is 0 Å². The van der Waals surface area contributed by atoms with Gasteiger partial charge in [-0.15, -0.1) is 0 Å². The van der Waals surface area contributed by atoms with E-state index in [2.05, 4.69) is 16.4 Å². The molecule has 0 unspecified atom stereocenters. The molecule has 6 heteroatoms. The first-order valence-corrected chi connectivity index (χ1v) is 8.13. The van der Waals surface area contributed by atoms with E-state index in [1.54, 1.807) is 18.3 Å². The van der Waals surface area contributed by atoms with E-state index in [9.17, 15) is 10.1 Å². The van der Waals surface area contributed by atoms with Crippen molar-refractivity contribution in [2.24, 2.45) is 10.8 Å². The predicted octanol–water partition coefficient (Wildman–Crippen LogP) is 3.56. The lowest BCUT2D eigenvalue weighted by atomic mass is 9.49. The molecule has 1 aliphatic rings. The second-order valence-electron chi connectivity index (χ2n) is 7.65. The maximum absolute atomic E-state index is 11.1. The lowest BCUT2D eigenvalue weighted by molar-refractivity contribution is -0.164. The van der Waals surface area contributed by atoms with Crippen LogP contribution in [0.3, 0.4) is 0 Å². The molecular weight excluding hydrogens is 318 g/mol. The quantitative estimate of drug-likeness (QED) is 0.891. The van der Waals surface area contributed by atoms with Crippen LogP contribution < -0.4 is 10.1 Å². The van der Waals surface area contributed by atoms with Crippen LogP contribution in [0.5, 0.6) is 5.75 Å². The van der Waals surface area contributed by atoms with E-state index in [1.165, 1.54) is 0 Å². The fourth-order valence-corrected chi connectivity index (χ4v) is 4.39. The molecule has 1 heterocycles. The highest BCUT2D eigenvalue weighted by Gasteiger charge is 2.64. The van der Waals surface area contributed by atoms with Crippen molar-refractivity contribution in [2.45, 2.75) is 39.8 Å². The zero-order chi connectivity index (χ0) is 18.4. The van der Waals surface area contributed by atoms with Crippen molar-refractivity contribution < 1.29 is 14.6 Å². The molecule has 6 nitrogen and oxygen atoms in total. The van der Waals surface area contributed by atoms with E-state index in [-0.39, 0.29) is 23.0 Å². The Bertz CT molecular complexity index is 867. The van der Waals surface area contributed by atoms with Crippen LogP contribution in [0, 0.1) is 22.2 Å². The molecule has 1 aliphatic carbocycles. The zero-order valence-corrected chi connectivity index (χ0v) is 14.7. The molecular formula is C19H21N3O3. The Morgan fingerprint density at radius 1 is 1.28 bits per heavy atom. The number of hydrogen-bond donors (Lipinski definition) is 2. The second-order valence-corrected chi connectivity index (χ2v) is 7.65. The predicted molar refractivity (Wildman–Crippen MR) is 93.4 cm³/mol. The van der Waals surface area contributed by atoms with E-state index in [1.807, 2.05) is 39.8 Å². The van der Waals surface area contributed by atoms with Crippen molar-refractivity contribution >= 4 is 17.0 Å². The molecule has 0 radical (unpaired) electrons. The number of carboxylic acid groups (broad SMARTS) is 1. The summed E-state index contributed by atoms with van der Waals surface area (Å²) in [5, 5.41) is 21.7. The molecule has 25 heavy (non-hydrogen) atoms. The molecule has 1 aromatic carbocycles. The van der Waals surface area contributed by atoms with Gasteiger partial charge < -0.3 is 15.2 Å². The molecule has 3 rings (SSSR count). The van der Waals surface area contributed by atoms with Gasteiger partial charge in [0.2, 0.25) is 0 Å². The van der Waals surface area contributed by atoms with Gasteiger partial charge in [-0.25, -0.2) is 4.79 Å². The van der Waals surface area contributed by atoms with Crippen molar-refractivity contribution in [3.05, 3.63) is 36.0 Å². The summed E-state index contributed by atoms with van der Waals surface area (Å²) in [6, 6.07) is 9.10. The van der Waals surface area contributed by atoms with Crippen LogP contribution >= 0.6 is 0 Å². The van der Waals surface area contributed by atoms with Crippen LogP contribution in [0.15, 0.2) is 30.5 Å². The highest BCUT2D eigenvalue weighted by molar-refractivity contribution is 5.89. The van der Waals surface area contributed by atoms with Gasteiger partial charge in [-0.05, 0) is 24.3 Å². The summed E-state index contributed by atoms with van der Waals surface area (Å²) in [7, 11) is 0. The van der Waals surface area contributed by atoms with Crippen LogP contribution in [0.1, 0.15) is 33.3 Å². The highest BCUT2D eigenvalue weighted by Crippen LogP contribution is 2.55. The number of nitrogens with zero attached hydrogens (tertiary/aromatic N) is 2. The summed E-state index contributed by atoms with van der Waals surface area (Å²) >= 11 is 0. The maximum Gasteiger partial charge on any atom is 0.404 e. The average molecular weight is 339 g/mol. The molecule has 2 aromatic rings. The Balaban J connectivity index is 1.97. The molecule has 2 N–H and O–H groups in total. The Hall–Kier alpha value is -2.81. The molecule has 0 saturated heterocycles. The van der Waals surface area contributed by atoms with Crippen molar-refractivity contribution in [3.63, 3.8) is 0 Å². The summed E-state index contributed by atoms with van der Waals surface area (Å²) in [4.78, 5) is 15.4. The summed E-state index contributed by atoms with van der Waals surface area (Å²) in [5.41, 5.74) is 0.368. The number of pyridine rings is 1. The molecule has 0 spiro atoms. The van der Waals surface area contributed by atoms with Crippen molar-refractivity contribution in [3.8, 4) is 11.8 Å². The number of benzene rings is 1. The molecule has 0 atom stereocenters. The number of carbonyl (C=O) groups is 1. The fraction of sp³-hybridized carbons (Fsp3) is 0.421. The third-order valence-corrected chi connectivity index (χ3v) is 5.20.